The molecule has 0 fully saturated rings. The van der Waals surface area contributed by atoms with Gasteiger partial charge in [-0.1, -0.05) is 25.1 Å². The first-order chi connectivity index (χ1) is 12.4. The number of ether oxygens (including phenoxy) is 1. The Bertz CT molecular complexity index is 960. The molecule has 0 atom stereocenters. The maximum absolute atomic E-state index is 13.0. The topological polar surface area (TPSA) is 77.2 Å². The number of hydrogen-bond acceptors (Lipinski definition) is 5. The molecule has 0 saturated carbocycles. The Morgan fingerprint density at radius 2 is 2.04 bits per heavy atom. The van der Waals surface area contributed by atoms with Crippen LogP contribution in [0.1, 0.15) is 54.0 Å². The highest BCUT2D eigenvalue weighted by atomic mass is 16.5. The minimum absolute atomic E-state index is 0.162. The van der Waals surface area contributed by atoms with Gasteiger partial charge < -0.3 is 14.6 Å². The van der Waals surface area contributed by atoms with Gasteiger partial charge >= 0.3 is 0 Å². The standard InChI is InChI=1S/C20H23N3O3/c1-6-25-17-9-12(4)7-8-15(17)21-19(24)14-10-16(11(2)3)22-20-18(14)13(5)23-26-20/h7-11H,6H2,1-5H3,(H,21,24). The summed E-state index contributed by atoms with van der Waals surface area (Å²) in [5, 5.41) is 7.55. The third-order valence-corrected chi connectivity index (χ3v) is 4.16. The summed E-state index contributed by atoms with van der Waals surface area (Å²) in [4.78, 5) is 17.5. The van der Waals surface area contributed by atoms with Crippen LogP contribution < -0.4 is 10.1 Å². The van der Waals surface area contributed by atoms with Crippen LogP contribution in [-0.4, -0.2) is 22.7 Å². The first-order valence-electron chi connectivity index (χ1n) is 8.72. The summed E-state index contributed by atoms with van der Waals surface area (Å²) < 4.78 is 10.9. The highest BCUT2D eigenvalue weighted by molar-refractivity contribution is 6.12. The average Bonchev–Trinajstić information content (AvgIpc) is 2.98. The number of benzene rings is 1. The predicted molar refractivity (Wildman–Crippen MR) is 101 cm³/mol. The van der Waals surface area contributed by atoms with Gasteiger partial charge in [0.1, 0.15) is 5.75 Å². The van der Waals surface area contributed by atoms with Gasteiger partial charge in [0.25, 0.3) is 11.6 Å². The molecule has 1 N–H and O–H groups in total. The van der Waals surface area contributed by atoms with E-state index < -0.39 is 0 Å². The minimum atomic E-state index is -0.240. The van der Waals surface area contributed by atoms with Gasteiger partial charge in [-0.3, -0.25) is 4.79 Å². The van der Waals surface area contributed by atoms with E-state index in [1.165, 1.54) is 0 Å². The smallest absolute Gasteiger partial charge is 0.259 e. The lowest BCUT2D eigenvalue weighted by molar-refractivity contribution is 0.102. The Morgan fingerprint density at radius 1 is 1.27 bits per heavy atom. The third-order valence-electron chi connectivity index (χ3n) is 4.16. The first-order valence-corrected chi connectivity index (χ1v) is 8.72. The molecule has 1 aromatic carbocycles. The number of anilines is 1. The molecule has 6 heteroatoms. The van der Waals surface area contributed by atoms with E-state index in [0.717, 1.165) is 11.3 Å². The van der Waals surface area contributed by atoms with Gasteiger partial charge in [0.2, 0.25) is 0 Å². The number of pyridine rings is 1. The van der Waals surface area contributed by atoms with E-state index in [4.69, 9.17) is 9.26 Å². The highest BCUT2D eigenvalue weighted by Crippen LogP contribution is 2.29. The van der Waals surface area contributed by atoms with E-state index in [-0.39, 0.29) is 11.8 Å². The Hall–Kier alpha value is -2.89. The Balaban J connectivity index is 2.04. The molecule has 3 rings (SSSR count). The number of fused-ring (bicyclic) bond motifs is 1. The number of nitrogens with zero attached hydrogens (tertiary/aromatic N) is 2. The lowest BCUT2D eigenvalue weighted by Crippen LogP contribution is -2.15. The average molecular weight is 353 g/mol. The van der Waals surface area contributed by atoms with Crippen molar-refractivity contribution in [1.29, 1.82) is 0 Å². The van der Waals surface area contributed by atoms with Crippen LogP contribution in [0, 0.1) is 13.8 Å². The summed E-state index contributed by atoms with van der Waals surface area (Å²) in [6, 6.07) is 7.50. The van der Waals surface area contributed by atoms with E-state index in [1.807, 2.05) is 45.9 Å². The first kappa shape index (κ1) is 17.9. The van der Waals surface area contributed by atoms with Crippen LogP contribution in [0.5, 0.6) is 5.75 Å². The predicted octanol–water partition coefficient (Wildman–Crippen LogP) is 4.61. The molecule has 0 aliphatic rings. The highest BCUT2D eigenvalue weighted by Gasteiger charge is 2.20. The van der Waals surface area contributed by atoms with Crippen LogP contribution in [0.2, 0.25) is 0 Å². The van der Waals surface area contributed by atoms with Crippen LogP contribution in [0.15, 0.2) is 28.8 Å². The number of carbonyl (C=O) groups excluding carboxylic acids is 1. The van der Waals surface area contributed by atoms with Crippen molar-refractivity contribution < 1.29 is 14.1 Å². The van der Waals surface area contributed by atoms with E-state index in [9.17, 15) is 4.79 Å². The maximum Gasteiger partial charge on any atom is 0.259 e. The molecule has 6 nitrogen and oxygen atoms in total. The van der Waals surface area contributed by atoms with Crippen molar-refractivity contribution in [2.24, 2.45) is 0 Å². The molecule has 3 aromatic rings. The van der Waals surface area contributed by atoms with Crippen molar-refractivity contribution in [2.45, 2.75) is 40.5 Å². The Labute approximate surface area is 152 Å². The molecular weight excluding hydrogens is 330 g/mol. The molecule has 0 aliphatic carbocycles. The largest absolute Gasteiger partial charge is 0.492 e. The molecule has 2 heterocycles. The summed E-state index contributed by atoms with van der Waals surface area (Å²) in [5.74, 6) is 0.572. The van der Waals surface area contributed by atoms with Gasteiger partial charge in [-0.15, -0.1) is 0 Å². The normalized spacial score (nSPS) is 11.2. The van der Waals surface area contributed by atoms with Crippen LogP contribution in [0.3, 0.4) is 0 Å². The van der Waals surface area contributed by atoms with Gasteiger partial charge in [0.15, 0.2) is 0 Å². The summed E-state index contributed by atoms with van der Waals surface area (Å²) in [6.07, 6.45) is 0. The Morgan fingerprint density at radius 3 is 2.73 bits per heavy atom. The quantitative estimate of drug-likeness (QED) is 0.724. The molecule has 26 heavy (non-hydrogen) atoms. The van der Waals surface area contributed by atoms with Gasteiger partial charge in [-0.25, -0.2) is 4.98 Å². The van der Waals surface area contributed by atoms with Crippen LogP contribution in [0.4, 0.5) is 5.69 Å². The molecule has 0 unspecified atom stereocenters. The summed E-state index contributed by atoms with van der Waals surface area (Å²) in [5.41, 5.74) is 4.00. The summed E-state index contributed by atoms with van der Waals surface area (Å²) in [6.45, 7) is 10.3. The SMILES string of the molecule is CCOc1cc(C)ccc1NC(=O)c1cc(C(C)C)nc2onc(C)c12. The molecule has 0 bridgehead atoms. The van der Waals surface area contributed by atoms with Crippen molar-refractivity contribution in [3.8, 4) is 5.75 Å². The second kappa shape index (κ2) is 7.15. The maximum atomic E-state index is 13.0. The van der Waals surface area contributed by atoms with Gasteiger partial charge in [-0.2, -0.15) is 0 Å². The van der Waals surface area contributed by atoms with Crippen LogP contribution in [0.25, 0.3) is 11.1 Å². The fourth-order valence-corrected chi connectivity index (χ4v) is 2.79. The molecule has 1 amide bonds. The van der Waals surface area contributed by atoms with E-state index in [1.54, 1.807) is 13.0 Å². The molecule has 2 aromatic heterocycles. The number of rotatable bonds is 5. The lowest BCUT2D eigenvalue weighted by Gasteiger charge is -2.13. The zero-order valence-electron chi connectivity index (χ0n) is 15.7. The monoisotopic (exact) mass is 353 g/mol. The minimum Gasteiger partial charge on any atom is -0.492 e. The lowest BCUT2D eigenvalue weighted by atomic mass is 10.0. The van der Waals surface area contributed by atoms with E-state index >= 15 is 0 Å². The molecular formula is C20H23N3O3. The van der Waals surface area contributed by atoms with Crippen molar-refractivity contribution >= 4 is 22.7 Å². The number of aromatic nitrogens is 2. The third kappa shape index (κ3) is 3.40. The van der Waals surface area contributed by atoms with Crippen LogP contribution >= 0.6 is 0 Å². The van der Waals surface area contributed by atoms with Crippen molar-refractivity contribution in [3.05, 3.63) is 46.8 Å². The van der Waals surface area contributed by atoms with Gasteiger partial charge in [0, 0.05) is 5.69 Å². The van der Waals surface area contributed by atoms with Crippen LogP contribution in [-0.2, 0) is 0 Å². The summed E-state index contributed by atoms with van der Waals surface area (Å²) >= 11 is 0. The second-order valence-electron chi connectivity index (χ2n) is 6.58. The van der Waals surface area contributed by atoms with Gasteiger partial charge in [-0.05, 0) is 50.5 Å². The fraction of sp³-hybridized carbons (Fsp3) is 0.350. The number of hydrogen-bond donors (Lipinski definition) is 1. The zero-order chi connectivity index (χ0) is 18.8. The Kier molecular flexibility index (Phi) is 4.93. The number of aryl methyl sites for hydroxylation is 2. The molecule has 0 spiro atoms. The summed E-state index contributed by atoms with van der Waals surface area (Å²) in [7, 11) is 0. The van der Waals surface area contributed by atoms with E-state index in [2.05, 4.69) is 15.5 Å². The fourth-order valence-electron chi connectivity index (χ4n) is 2.79. The number of carbonyl (C=O) groups is 1. The van der Waals surface area contributed by atoms with Crippen molar-refractivity contribution in [2.75, 3.05) is 11.9 Å². The number of nitrogens with one attached hydrogen (secondary N) is 1. The van der Waals surface area contributed by atoms with Crippen molar-refractivity contribution in [1.82, 2.24) is 10.1 Å². The molecule has 0 aliphatic heterocycles. The number of amides is 1. The zero-order valence-corrected chi connectivity index (χ0v) is 15.7. The molecule has 0 saturated heterocycles. The van der Waals surface area contributed by atoms with E-state index in [0.29, 0.717) is 40.4 Å². The second-order valence-corrected chi connectivity index (χ2v) is 6.58. The van der Waals surface area contributed by atoms with Gasteiger partial charge in [0.05, 0.1) is 28.9 Å². The molecule has 136 valence electrons. The molecule has 0 radical (unpaired) electrons. The van der Waals surface area contributed by atoms with Crippen molar-refractivity contribution in [3.63, 3.8) is 0 Å².